The number of halogens is 3. The van der Waals surface area contributed by atoms with Crippen molar-refractivity contribution in [3.05, 3.63) is 35.6 Å². The Morgan fingerprint density at radius 1 is 1.27 bits per heavy atom. The van der Waals surface area contributed by atoms with Crippen LogP contribution in [0.5, 0.6) is 0 Å². The standard InChI is InChI=1S/C7H5F3O3S2/c8-6-4-2-1-3-5(6)7(9,10)15(11,12)13-14/h1-4,14H. The summed E-state index contributed by atoms with van der Waals surface area (Å²) in [6.07, 6.45) is 0. The summed E-state index contributed by atoms with van der Waals surface area (Å²) in [7, 11) is -5.28. The molecule has 0 aliphatic carbocycles. The molecule has 0 atom stereocenters. The Morgan fingerprint density at radius 3 is 2.27 bits per heavy atom. The Bertz CT molecular complexity index is 458. The number of benzene rings is 1. The predicted octanol–water partition coefficient (Wildman–Crippen LogP) is 2.07. The molecule has 15 heavy (non-hydrogen) atoms. The summed E-state index contributed by atoms with van der Waals surface area (Å²) < 4.78 is 64.2. The zero-order chi connectivity index (χ0) is 11.7. The maximum Gasteiger partial charge on any atom is 0.399 e. The zero-order valence-corrected chi connectivity index (χ0v) is 8.73. The van der Waals surface area contributed by atoms with Crippen molar-refractivity contribution in [3.8, 4) is 0 Å². The van der Waals surface area contributed by atoms with Gasteiger partial charge >= 0.3 is 15.4 Å². The number of thiol groups is 1. The van der Waals surface area contributed by atoms with E-state index in [-0.39, 0.29) is 0 Å². The minimum Gasteiger partial charge on any atom is -0.206 e. The first-order chi connectivity index (χ1) is 6.83. The van der Waals surface area contributed by atoms with Crippen molar-refractivity contribution >= 4 is 23.0 Å². The largest absolute Gasteiger partial charge is 0.399 e. The van der Waals surface area contributed by atoms with Crippen LogP contribution < -0.4 is 0 Å². The molecule has 1 rings (SSSR count). The fraction of sp³-hybridized carbons (Fsp3) is 0.143. The second-order valence-electron chi connectivity index (χ2n) is 2.53. The van der Waals surface area contributed by atoms with Gasteiger partial charge in [-0.05, 0) is 25.0 Å². The molecular formula is C7H5F3O3S2. The first kappa shape index (κ1) is 12.3. The molecule has 1 aromatic rings. The van der Waals surface area contributed by atoms with Gasteiger partial charge in [0.2, 0.25) is 0 Å². The molecule has 3 nitrogen and oxygen atoms in total. The Kier molecular flexibility index (Phi) is 3.31. The Hall–Kier alpha value is -0.730. The van der Waals surface area contributed by atoms with E-state index in [0.717, 1.165) is 18.2 Å². The lowest BCUT2D eigenvalue weighted by molar-refractivity contribution is 0.0777. The second-order valence-corrected chi connectivity index (χ2v) is 4.54. The van der Waals surface area contributed by atoms with Crippen LogP contribution in [0.15, 0.2) is 24.3 Å². The van der Waals surface area contributed by atoms with E-state index in [2.05, 4.69) is 16.5 Å². The van der Waals surface area contributed by atoms with Gasteiger partial charge in [0.1, 0.15) is 5.82 Å². The summed E-state index contributed by atoms with van der Waals surface area (Å²) in [4.78, 5) is 0. The molecule has 1 aromatic carbocycles. The van der Waals surface area contributed by atoms with E-state index in [4.69, 9.17) is 0 Å². The fourth-order valence-corrected chi connectivity index (χ4v) is 1.69. The minimum atomic E-state index is -5.28. The van der Waals surface area contributed by atoms with Gasteiger partial charge in [0.25, 0.3) is 0 Å². The smallest absolute Gasteiger partial charge is 0.206 e. The average Bonchev–Trinajstić information content (AvgIpc) is 2.18. The quantitative estimate of drug-likeness (QED) is 0.666. The first-order valence-electron chi connectivity index (χ1n) is 3.53. The number of hydrogen-bond donors (Lipinski definition) is 1. The molecule has 8 heteroatoms. The van der Waals surface area contributed by atoms with Crippen molar-refractivity contribution in [1.82, 2.24) is 0 Å². The molecule has 0 radical (unpaired) electrons. The lowest BCUT2D eigenvalue weighted by Gasteiger charge is -2.15. The molecule has 84 valence electrons. The van der Waals surface area contributed by atoms with Gasteiger partial charge in [0.15, 0.2) is 0 Å². The summed E-state index contributed by atoms with van der Waals surface area (Å²) in [5, 5.41) is -4.47. The van der Waals surface area contributed by atoms with E-state index < -0.39 is 26.8 Å². The van der Waals surface area contributed by atoms with E-state index in [0.29, 0.717) is 6.07 Å². The maximum atomic E-state index is 13.2. The van der Waals surface area contributed by atoms with Crippen molar-refractivity contribution in [3.63, 3.8) is 0 Å². The molecular weight excluding hydrogens is 253 g/mol. The molecule has 0 aliphatic rings. The molecule has 0 aliphatic heterocycles. The highest BCUT2D eigenvalue weighted by Crippen LogP contribution is 2.36. The van der Waals surface area contributed by atoms with Crippen LogP contribution in [0.2, 0.25) is 0 Å². The van der Waals surface area contributed by atoms with Gasteiger partial charge in [-0.1, -0.05) is 12.1 Å². The first-order valence-corrected chi connectivity index (χ1v) is 5.30. The SMILES string of the molecule is O=S(=O)(OS)C(F)(F)c1ccccc1F. The highest BCUT2D eigenvalue weighted by Gasteiger charge is 2.49. The van der Waals surface area contributed by atoms with E-state index in [1.807, 2.05) is 0 Å². The van der Waals surface area contributed by atoms with Gasteiger partial charge in [-0.15, -0.1) is 0 Å². The lowest BCUT2D eigenvalue weighted by Crippen LogP contribution is -2.27. The van der Waals surface area contributed by atoms with Crippen LogP contribution in [0.25, 0.3) is 0 Å². The van der Waals surface area contributed by atoms with Crippen LogP contribution in [-0.2, 0) is 19.0 Å². The van der Waals surface area contributed by atoms with Gasteiger partial charge in [-0.3, -0.25) is 0 Å². The molecule has 0 aromatic heterocycles. The third-order valence-electron chi connectivity index (χ3n) is 1.60. The second kappa shape index (κ2) is 4.03. The summed E-state index contributed by atoms with van der Waals surface area (Å²) in [5.41, 5.74) is -1.28. The molecule has 0 fully saturated rings. The third kappa shape index (κ3) is 2.11. The van der Waals surface area contributed by atoms with Gasteiger partial charge in [0.05, 0.1) is 5.56 Å². The number of rotatable bonds is 3. The molecule has 0 N–H and O–H groups in total. The highest BCUT2D eigenvalue weighted by molar-refractivity contribution is 7.96. The van der Waals surface area contributed by atoms with Crippen molar-refractivity contribution in [1.29, 1.82) is 0 Å². The summed E-state index contributed by atoms with van der Waals surface area (Å²) in [6.45, 7) is 0. The predicted molar refractivity (Wildman–Crippen MR) is 49.3 cm³/mol. The van der Waals surface area contributed by atoms with Crippen molar-refractivity contribution in [2.24, 2.45) is 0 Å². The van der Waals surface area contributed by atoms with Crippen molar-refractivity contribution < 1.29 is 25.2 Å². The van der Waals surface area contributed by atoms with Gasteiger partial charge in [-0.25, -0.2) is 4.39 Å². The number of hydrogen-bond acceptors (Lipinski definition) is 4. The van der Waals surface area contributed by atoms with Gasteiger partial charge in [-0.2, -0.15) is 20.8 Å². The average molecular weight is 258 g/mol. The van der Waals surface area contributed by atoms with E-state index in [1.54, 1.807) is 0 Å². The molecule has 0 unspecified atom stereocenters. The van der Waals surface area contributed by atoms with Crippen LogP contribution in [0.1, 0.15) is 5.56 Å². The monoisotopic (exact) mass is 258 g/mol. The molecule has 0 spiro atoms. The molecule has 0 saturated heterocycles. The maximum absolute atomic E-state index is 13.2. The van der Waals surface area contributed by atoms with Crippen LogP contribution >= 0.6 is 12.9 Å². The lowest BCUT2D eigenvalue weighted by atomic mass is 10.2. The van der Waals surface area contributed by atoms with Crippen LogP contribution in [0, 0.1) is 5.82 Å². The van der Waals surface area contributed by atoms with Crippen molar-refractivity contribution in [2.75, 3.05) is 0 Å². The molecule has 0 amide bonds. The normalized spacial score (nSPS) is 12.8. The van der Waals surface area contributed by atoms with E-state index in [9.17, 15) is 21.6 Å². The van der Waals surface area contributed by atoms with Crippen molar-refractivity contribution in [2.45, 2.75) is 5.25 Å². The molecule has 0 saturated carbocycles. The topological polar surface area (TPSA) is 43.4 Å². The Morgan fingerprint density at radius 2 is 1.80 bits per heavy atom. The zero-order valence-electron chi connectivity index (χ0n) is 7.02. The summed E-state index contributed by atoms with van der Waals surface area (Å²) in [5.74, 6) is -1.34. The van der Waals surface area contributed by atoms with E-state index >= 15 is 0 Å². The van der Waals surface area contributed by atoms with E-state index in [1.165, 1.54) is 0 Å². The Balaban J connectivity index is 3.36. The Labute approximate surface area is 89.6 Å². The molecule has 0 heterocycles. The fourth-order valence-electron chi connectivity index (χ4n) is 0.879. The minimum absolute atomic E-state index is 0.652. The highest BCUT2D eigenvalue weighted by atomic mass is 32.3. The summed E-state index contributed by atoms with van der Waals surface area (Å²) in [6, 6.07) is 3.61. The van der Waals surface area contributed by atoms with Crippen LogP contribution in [-0.4, -0.2) is 8.42 Å². The summed E-state index contributed by atoms with van der Waals surface area (Å²) >= 11 is 2.79. The number of alkyl halides is 2. The van der Waals surface area contributed by atoms with Gasteiger partial charge in [0, 0.05) is 0 Å². The van der Waals surface area contributed by atoms with Crippen LogP contribution in [0.4, 0.5) is 13.2 Å². The van der Waals surface area contributed by atoms with Crippen LogP contribution in [0.3, 0.4) is 0 Å². The van der Waals surface area contributed by atoms with Gasteiger partial charge < -0.3 is 0 Å². The third-order valence-corrected chi connectivity index (χ3v) is 3.23. The molecule has 0 bridgehead atoms.